The Labute approximate surface area is 193 Å². The molecule has 2 heterocycles. The number of phenolic OH excluding ortho intramolecular Hbond substituents is 1. The third-order valence-electron chi connectivity index (χ3n) is 6.63. The van der Waals surface area contributed by atoms with E-state index in [1.165, 1.54) is 7.11 Å². The van der Waals surface area contributed by atoms with Gasteiger partial charge in [-0.3, -0.25) is 19.4 Å². The summed E-state index contributed by atoms with van der Waals surface area (Å²) < 4.78 is 4.71. The second kappa shape index (κ2) is 9.62. The van der Waals surface area contributed by atoms with E-state index in [0.29, 0.717) is 45.4 Å². The molecule has 0 saturated carbocycles. The van der Waals surface area contributed by atoms with Crippen LogP contribution in [0.2, 0.25) is 0 Å². The van der Waals surface area contributed by atoms with Crippen molar-refractivity contribution >= 4 is 17.9 Å². The molecule has 0 bridgehead atoms. The predicted octanol–water partition coefficient (Wildman–Crippen LogP) is 2.41. The molecule has 2 fully saturated rings. The molecule has 4 rings (SSSR count). The molecule has 1 N–H and O–H groups in total. The summed E-state index contributed by atoms with van der Waals surface area (Å²) in [4.78, 5) is 43.6. The van der Waals surface area contributed by atoms with Crippen LogP contribution in [0.5, 0.6) is 5.75 Å². The molecule has 1 spiro atoms. The Hall–Kier alpha value is -3.39. The molecule has 2 aromatic carbocycles. The number of aromatic hydroxyl groups is 1. The average Bonchev–Trinajstić information content (AvgIpc) is 3.02. The molecule has 8 nitrogen and oxygen atoms in total. The minimum absolute atomic E-state index is 0.228. The summed E-state index contributed by atoms with van der Waals surface area (Å²) >= 11 is 0. The number of ether oxygens (including phenoxy) is 1. The second-order valence-corrected chi connectivity index (χ2v) is 8.61. The Balaban J connectivity index is 1.50. The minimum atomic E-state index is -0.939. The number of nitrogens with zero attached hydrogens (tertiary/aromatic N) is 3. The molecule has 0 aromatic heterocycles. The molecule has 174 valence electrons. The molecule has 2 saturated heterocycles. The molecular weight excluding hydrogens is 422 g/mol. The molecule has 0 atom stereocenters. The molecule has 0 radical (unpaired) electrons. The monoisotopic (exact) mass is 451 g/mol. The lowest BCUT2D eigenvalue weighted by molar-refractivity contribution is -0.146. The van der Waals surface area contributed by atoms with E-state index in [2.05, 4.69) is 4.90 Å². The van der Waals surface area contributed by atoms with Crippen molar-refractivity contribution in [2.75, 3.05) is 33.3 Å². The fourth-order valence-electron chi connectivity index (χ4n) is 4.74. The fourth-order valence-corrected chi connectivity index (χ4v) is 4.74. The summed E-state index contributed by atoms with van der Waals surface area (Å²) in [6.45, 7) is 2.04. The van der Waals surface area contributed by atoms with Crippen LogP contribution in [0, 0.1) is 0 Å². The number of hydrogen-bond donors (Lipinski definition) is 1. The van der Waals surface area contributed by atoms with Gasteiger partial charge in [0.15, 0.2) is 0 Å². The average molecular weight is 452 g/mol. The first-order chi connectivity index (χ1) is 15.9. The van der Waals surface area contributed by atoms with Crippen LogP contribution in [0.1, 0.15) is 24.0 Å². The van der Waals surface area contributed by atoms with Crippen LogP contribution < -0.4 is 0 Å². The van der Waals surface area contributed by atoms with E-state index in [9.17, 15) is 19.5 Å². The van der Waals surface area contributed by atoms with E-state index in [0.717, 1.165) is 16.0 Å². The van der Waals surface area contributed by atoms with Crippen LogP contribution >= 0.6 is 0 Å². The number of urea groups is 1. The van der Waals surface area contributed by atoms with Crippen LogP contribution in [0.4, 0.5) is 4.79 Å². The normalized spacial score (nSPS) is 18.2. The molecule has 2 aliphatic rings. The van der Waals surface area contributed by atoms with E-state index >= 15 is 0 Å². The summed E-state index contributed by atoms with van der Waals surface area (Å²) in [6.07, 6.45) is 1.63. The van der Waals surface area contributed by atoms with Crippen molar-refractivity contribution in [2.45, 2.75) is 31.3 Å². The number of carbonyl (C=O) groups excluding carboxylic acids is 3. The number of hydrogen-bond acceptors (Lipinski definition) is 6. The van der Waals surface area contributed by atoms with Gasteiger partial charge in [-0.25, -0.2) is 4.79 Å². The molecule has 0 unspecified atom stereocenters. The van der Waals surface area contributed by atoms with Crippen molar-refractivity contribution in [3.05, 3.63) is 65.7 Å². The second-order valence-electron chi connectivity index (χ2n) is 8.61. The Kier molecular flexibility index (Phi) is 6.65. The lowest BCUT2D eigenvalue weighted by atomic mass is 9.85. The zero-order valence-corrected chi connectivity index (χ0v) is 18.8. The Bertz CT molecular complexity index is 1000. The standard InChI is InChI=1S/C25H29N3O5/c1-33-22(30)18-27-23(31)25(28(24(27)32)14-11-19-5-3-2-4-6-19)12-15-26(16-13-25)17-20-7-9-21(29)10-8-20/h2-10,29H,11-18H2,1H3. The van der Waals surface area contributed by atoms with Gasteiger partial charge in [-0.1, -0.05) is 42.5 Å². The first kappa shape index (κ1) is 22.8. The third-order valence-corrected chi connectivity index (χ3v) is 6.63. The lowest BCUT2D eigenvalue weighted by Crippen LogP contribution is -2.56. The van der Waals surface area contributed by atoms with Gasteiger partial charge in [-0.05, 0) is 42.5 Å². The van der Waals surface area contributed by atoms with Crippen LogP contribution in [-0.4, -0.2) is 76.5 Å². The number of likely N-dealkylation sites (tertiary alicyclic amines) is 1. The number of piperidine rings is 1. The summed E-state index contributed by atoms with van der Waals surface area (Å²) in [6, 6.07) is 16.5. The molecule has 0 aliphatic carbocycles. The van der Waals surface area contributed by atoms with Gasteiger partial charge >= 0.3 is 12.0 Å². The van der Waals surface area contributed by atoms with Crippen LogP contribution in [0.3, 0.4) is 0 Å². The van der Waals surface area contributed by atoms with Gasteiger partial charge in [0.25, 0.3) is 5.91 Å². The summed E-state index contributed by atoms with van der Waals surface area (Å²) in [5.41, 5.74) is 1.22. The summed E-state index contributed by atoms with van der Waals surface area (Å²) in [7, 11) is 1.25. The zero-order valence-electron chi connectivity index (χ0n) is 18.8. The Morgan fingerprint density at radius 3 is 2.30 bits per heavy atom. The highest BCUT2D eigenvalue weighted by Crippen LogP contribution is 2.38. The van der Waals surface area contributed by atoms with Crippen LogP contribution in [0.15, 0.2) is 54.6 Å². The number of phenols is 1. The number of rotatable bonds is 7. The van der Waals surface area contributed by atoms with Crippen molar-refractivity contribution in [1.29, 1.82) is 0 Å². The van der Waals surface area contributed by atoms with E-state index < -0.39 is 17.5 Å². The van der Waals surface area contributed by atoms with Crippen LogP contribution in [0.25, 0.3) is 0 Å². The molecule has 33 heavy (non-hydrogen) atoms. The third kappa shape index (κ3) is 4.71. The van der Waals surface area contributed by atoms with Gasteiger partial charge in [-0.15, -0.1) is 0 Å². The van der Waals surface area contributed by atoms with Gasteiger partial charge in [0, 0.05) is 26.2 Å². The van der Waals surface area contributed by atoms with Gasteiger partial charge < -0.3 is 14.7 Å². The van der Waals surface area contributed by atoms with Gasteiger partial charge in [0.05, 0.1) is 7.11 Å². The van der Waals surface area contributed by atoms with Gasteiger partial charge in [0.2, 0.25) is 0 Å². The molecule has 2 aromatic rings. The highest BCUT2D eigenvalue weighted by atomic mass is 16.5. The SMILES string of the molecule is COC(=O)CN1C(=O)N(CCc2ccccc2)C2(CCN(Cc3ccc(O)cc3)CC2)C1=O. The first-order valence-electron chi connectivity index (χ1n) is 11.2. The van der Waals surface area contributed by atoms with E-state index in [-0.39, 0.29) is 18.2 Å². The fraction of sp³-hybridized carbons (Fsp3) is 0.400. The number of methoxy groups -OCH3 is 1. The molecular formula is C25H29N3O5. The molecule has 3 amide bonds. The lowest BCUT2D eigenvalue weighted by Gasteiger charge is -2.42. The Morgan fingerprint density at radius 1 is 1.00 bits per heavy atom. The highest BCUT2D eigenvalue weighted by molar-refractivity contribution is 6.08. The smallest absolute Gasteiger partial charge is 0.328 e. The highest BCUT2D eigenvalue weighted by Gasteiger charge is 2.58. The molecule has 2 aliphatic heterocycles. The van der Waals surface area contributed by atoms with Gasteiger partial charge in [-0.2, -0.15) is 0 Å². The summed E-state index contributed by atoms with van der Waals surface area (Å²) in [5, 5.41) is 9.50. The van der Waals surface area contributed by atoms with E-state index in [4.69, 9.17) is 4.74 Å². The topological polar surface area (TPSA) is 90.4 Å². The molecule has 8 heteroatoms. The number of amides is 3. The maximum absolute atomic E-state index is 13.5. The van der Waals surface area contributed by atoms with Crippen molar-refractivity contribution in [3.63, 3.8) is 0 Å². The van der Waals surface area contributed by atoms with Crippen molar-refractivity contribution in [2.24, 2.45) is 0 Å². The quantitative estimate of drug-likeness (QED) is 0.514. The first-order valence-corrected chi connectivity index (χ1v) is 11.2. The Morgan fingerprint density at radius 2 is 1.67 bits per heavy atom. The largest absolute Gasteiger partial charge is 0.508 e. The van der Waals surface area contributed by atoms with Crippen LogP contribution in [-0.2, 0) is 27.3 Å². The minimum Gasteiger partial charge on any atom is -0.508 e. The van der Waals surface area contributed by atoms with Crippen molar-refractivity contribution in [1.82, 2.24) is 14.7 Å². The predicted molar refractivity (Wildman–Crippen MR) is 121 cm³/mol. The van der Waals surface area contributed by atoms with Crippen molar-refractivity contribution < 1.29 is 24.2 Å². The number of benzene rings is 2. The van der Waals surface area contributed by atoms with Crippen molar-refractivity contribution in [3.8, 4) is 5.75 Å². The van der Waals surface area contributed by atoms with E-state index in [1.54, 1.807) is 17.0 Å². The maximum atomic E-state index is 13.5. The maximum Gasteiger partial charge on any atom is 0.328 e. The zero-order chi connectivity index (χ0) is 23.4. The number of imide groups is 1. The van der Waals surface area contributed by atoms with E-state index in [1.807, 2.05) is 42.5 Å². The van der Waals surface area contributed by atoms with Gasteiger partial charge in [0.1, 0.15) is 17.8 Å². The number of carbonyl (C=O) groups is 3. The number of esters is 1. The summed E-state index contributed by atoms with van der Waals surface area (Å²) in [5.74, 6) is -0.692.